The lowest BCUT2D eigenvalue weighted by molar-refractivity contribution is 0.176. The SMILES string of the molecule is CCCCCc1cnccc1C[O]. The fourth-order valence-corrected chi connectivity index (χ4v) is 1.39. The van der Waals surface area contributed by atoms with Crippen LogP contribution in [0.1, 0.15) is 37.3 Å². The summed E-state index contributed by atoms with van der Waals surface area (Å²) < 4.78 is 0. The lowest BCUT2D eigenvalue weighted by Gasteiger charge is -2.04. The van der Waals surface area contributed by atoms with Crippen LogP contribution in [0.4, 0.5) is 0 Å². The van der Waals surface area contributed by atoms with Gasteiger partial charge in [0, 0.05) is 12.4 Å². The second-order valence-electron chi connectivity index (χ2n) is 3.25. The third kappa shape index (κ3) is 3.15. The Morgan fingerprint density at radius 1 is 1.31 bits per heavy atom. The Morgan fingerprint density at radius 3 is 2.85 bits per heavy atom. The minimum Gasteiger partial charge on any atom is -0.264 e. The minimum absolute atomic E-state index is 0.121. The lowest BCUT2D eigenvalue weighted by atomic mass is 10.0. The summed E-state index contributed by atoms with van der Waals surface area (Å²) in [6.07, 6.45) is 8.12. The molecule has 0 saturated carbocycles. The highest BCUT2D eigenvalue weighted by Gasteiger charge is 2.00. The van der Waals surface area contributed by atoms with E-state index in [9.17, 15) is 5.11 Å². The van der Waals surface area contributed by atoms with E-state index in [2.05, 4.69) is 11.9 Å². The van der Waals surface area contributed by atoms with E-state index in [0.29, 0.717) is 0 Å². The maximum absolute atomic E-state index is 10.8. The third-order valence-corrected chi connectivity index (χ3v) is 2.21. The second-order valence-corrected chi connectivity index (χ2v) is 3.25. The first-order chi connectivity index (χ1) is 6.38. The maximum Gasteiger partial charge on any atom is 0.108 e. The van der Waals surface area contributed by atoms with E-state index in [1.54, 1.807) is 6.20 Å². The third-order valence-electron chi connectivity index (χ3n) is 2.21. The number of nitrogens with zero attached hydrogens (tertiary/aromatic N) is 1. The Bertz CT molecular complexity index is 248. The first kappa shape index (κ1) is 10.2. The predicted molar refractivity (Wildman–Crippen MR) is 51.9 cm³/mol. The topological polar surface area (TPSA) is 32.8 Å². The number of pyridine rings is 1. The van der Waals surface area contributed by atoms with Crippen molar-refractivity contribution in [1.82, 2.24) is 4.98 Å². The van der Waals surface area contributed by atoms with Gasteiger partial charge in [0.2, 0.25) is 0 Å². The number of unbranched alkanes of at least 4 members (excludes halogenated alkanes) is 2. The van der Waals surface area contributed by atoms with Crippen molar-refractivity contribution in [3.63, 3.8) is 0 Å². The molecule has 1 aromatic heterocycles. The number of aryl methyl sites for hydroxylation is 1. The summed E-state index contributed by atoms with van der Waals surface area (Å²) >= 11 is 0. The molecule has 0 aliphatic carbocycles. The predicted octanol–water partition coefficient (Wildman–Crippen LogP) is 2.74. The molecule has 1 radical (unpaired) electrons. The Labute approximate surface area is 79.6 Å². The highest BCUT2D eigenvalue weighted by molar-refractivity contribution is 5.22. The molecule has 1 rings (SSSR count). The van der Waals surface area contributed by atoms with Gasteiger partial charge in [0.05, 0.1) is 0 Å². The first-order valence-corrected chi connectivity index (χ1v) is 4.88. The molecule has 0 spiro atoms. The highest BCUT2D eigenvalue weighted by atomic mass is 16.3. The summed E-state index contributed by atoms with van der Waals surface area (Å²) in [5, 5.41) is 10.8. The van der Waals surface area contributed by atoms with E-state index in [1.807, 2.05) is 12.3 Å². The maximum atomic E-state index is 10.8. The van der Waals surface area contributed by atoms with E-state index < -0.39 is 0 Å². The number of aromatic nitrogens is 1. The summed E-state index contributed by atoms with van der Waals surface area (Å²) in [6, 6.07) is 1.83. The molecular formula is C11H16NO. The summed E-state index contributed by atoms with van der Waals surface area (Å²) in [5.74, 6) is 0. The molecule has 0 atom stereocenters. The molecule has 0 bridgehead atoms. The van der Waals surface area contributed by atoms with Crippen LogP contribution in [0.2, 0.25) is 0 Å². The Morgan fingerprint density at radius 2 is 2.15 bits per heavy atom. The van der Waals surface area contributed by atoms with Gasteiger partial charge in [-0.15, -0.1) is 0 Å². The van der Waals surface area contributed by atoms with Crippen LogP contribution in [0.25, 0.3) is 0 Å². The van der Waals surface area contributed by atoms with Crippen molar-refractivity contribution < 1.29 is 5.11 Å². The Balaban J connectivity index is 2.54. The molecule has 0 aromatic carbocycles. The zero-order valence-electron chi connectivity index (χ0n) is 8.12. The van der Waals surface area contributed by atoms with Crippen molar-refractivity contribution >= 4 is 0 Å². The highest BCUT2D eigenvalue weighted by Crippen LogP contribution is 2.11. The molecule has 13 heavy (non-hydrogen) atoms. The van der Waals surface area contributed by atoms with Crippen molar-refractivity contribution in [2.75, 3.05) is 0 Å². The molecule has 0 fully saturated rings. The number of hydrogen-bond donors (Lipinski definition) is 0. The zero-order valence-corrected chi connectivity index (χ0v) is 8.12. The number of hydrogen-bond acceptors (Lipinski definition) is 1. The van der Waals surface area contributed by atoms with Crippen LogP contribution < -0.4 is 0 Å². The van der Waals surface area contributed by atoms with Crippen molar-refractivity contribution in [1.29, 1.82) is 0 Å². The van der Waals surface area contributed by atoms with Crippen LogP contribution >= 0.6 is 0 Å². The molecule has 0 aliphatic rings. The normalized spacial score (nSPS) is 10.3. The van der Waals surface area contributed by atoms with Gasteiger partial charge in [-0.25, -0.2) is 5.11 Å². The fraction of sp³-hybridized carbons (Fsp3) is 0.545. The van der Waals surface area contributed by atoms with Gasteiger partial charge in [-0.2, -0.15) is 0 Å². The first-order valence-electron chi connectivity index (χ1n) is 4.88. The van der Waals surface area contributed by atoms with Gasteiger partial charge < -0.3 is 0 Å². The van der Waals surface area contributed by atoms with E-state index in [4.69, 9.17) is 0 Å². The van der Waals surface area contributed by atoms with Crippen molar-refractivity contribution in [2.24, 2.45) is 0 Å². The standard InChI is InChI=1S/C11H16NO/c1-2-3-4-5-10-8-12-7-6-11(10)9-13/h6-8H,2-5,9H2,1H3. The van der Waals surface area contributed by atoms with E-state index in [0.717, 1.165) is 24.0 Å². The summed E-state index contributed by atoms with van der Waals surface area (Å²) in [6.45, 7) is 2.06. The average Bonchev–Trinajstić information content (AvgIpc) is 2.19. The average molecular weight is 178 g/mol. The molecule has 0 unspecified atom stereocenters. The van der Waals surface area contributed by atoms with Crippen molar-refractivity contribution in [2.45, 2.75) is 39.2 Å². The Kier molecular flexibility index (Phi) is 4.47. The summed E-state index contributed by atoms with van der Waals surface area (Å²) in [7, 11) is 0. The molecule has 2 heteroatoms. The molecule has 0 saturated heterocycles. The molecule has 71 valence electrons. The monoisotopic (exact) mass is 178 g/mol. The van der Waals surface area contributed by atoms with E-state index in [-0.39, 0.29) is 6.61 Å². The van der Waals surface area contributed by atoms with Gasteiger partial charge in [-0.1, -0.05) is 19.8 Å². The van der Waals surface area contributed by atoms with Crippen LogP contribution in [-0.4, -0.2) is 4.98 Å². The van der Waals surface area contributed by atoms with Crippen LogP contribution in [0.15, 0.2) is 18.5 Å². The van der Waals surface area contributed by atoms with Crippen molar-refractivity contribution in [3.8, 4) is 0 Å². The molecule has 0 aliphatic heterocycles. The quantitative estimate of drug-likeness (QED) is 0.638. The molecular weight excluding hydrogens is 162 g/mol. The van der Waals surface area contributed by atoms with Crippen molar-refractivity contribution in [3.05, 3.63) is 29.6 Å². The largest absolute Gasteiger partial charge is 0.264 e. The second kappa shape index (κ2) is 5.70. The van der Waals surface area contributed by atoms with Gasteiger partial charge in [0.25, 0.3) is 0 Å². The lowest BCUT2D eigenvalue weighted by Crippen LogP contribution is -1.94. The summed E-state index contributed by atoms with van der Waals surface area (Å²) in [5.41, 5.74) is 2.04. The van der Waals surface area contributed by atoms with E-state index in [1.165, 1.54) is 12.8 Å². The van der Waals surface area contributed by atoms with Gasteiger partial charge in [-0.05, 0) is 30.0 Å². The van der Waals surface area contributed by atoms with Gasteiger partial charge in [0.15, 0.2) is 0 Å². The van der Waals surface area contributed by atoms with Crippen LogP contribution in [-0.2, 0) is 18.1 Å². The zero-order chi connectivity index (χ0) is 9.52. The minimum atomic E-state index is -0.121. The van der Waals surface area contributed by atoms with Crippen LogP contribution in [0, 0.1) is 0 Å². The molecule has 2 nitrogen and oxygen atoms in total. The smallest absolute Gasteiger partial charge is 0.108 e. The summed E-state index contributed by atoms with van der Waals surface area (Å²) in [4.78, 5) is 4.03. The fourth-order valence-electron chi connectivity index (χ4n) is 1.39. The van der Waals surface area contributed by atoms with Gasteiger partial charge >= 0.3 is 0 Å². The number of rotatable bonds is 5. The van der Waals surface area contributed by atoms with Gasteiger partial charge in [0.1, 0.15) is 6.61 Å². The molecule has 1 aromatic rings. The Hall–Kier alpha value is -0.890. The molecule has 1 heterocycles. The van der Waals surface area contributed by atoms with E-state index >= 15 is 0 Å². The van der Waals surface area contributed by atoms with Gasteiger partial charge in [-0.3, -0.25) is 4.98 Å². The molecule has 0 amide bonds. The van der Waals surface area contributed by atoms with Crippen LogP contribution in [0.5, 0.6) is 0 Å². The molecule has 0 N–H and O–H groups in total. The van der Waals surface area contributed by atoms with Crippen LogP contribution in [0.3, 0.4) is 0 Å².